The lowest BCUT2D eigenvalue weighted by Crippen LogP contribution is -2.26. The van der Waals surface area contributed by atoms with Crippen LogP contribution in [0.15, 0.2) is 85.1 Å². The molecule has 2 aromatic heterocycles. The SMILES string of the molecule is COC(=O)[C@H](Cc1ccccc1)n1c(Cc2ccccc2)nnc1-c1ccccn1. The normalized spacial score (nSPS) is 11.8. The quantitative estimate of drug-likeness (QED) is 0.442. The van der Waals surface area contributed by atoms with Gasteiger partial charge in [0.25, 0.3) is 0 Å². The van der Waals surface area contributed by atoms with Crippen LogP contribution in [0.3, 0.4) is 0 Å². The first kappa shape index (κ1) is 19.5. The fraction of sp³-hybridized carbons (Fsp3) is 0.167. The van der Waals surface area contributed by atoms with Gasteiger partial charge in [0.15, 0.2) is 5.82 Å². The minimum absolute atomic E-state index is 0.342. The van der Waals surface area contributed by atoms with E-state index in [4.69, 9.17) is 4.74 Å². The molecule has 0 saturated carbocycles. The lowest BCUT2D eigenvalue weighted by molar-refractivity contribution is -0.144. The van der Waals surface area contributed by atoms with Gasteiger partial charge >= 0.3 is 5.97 Å². The Morgan fingerprint density at radius 2 is 1.57 bits per heavy atom. The van der Waals surface area contributed by atoms with Crippen LogP contribution in [0.4, 0.5) is 0 Å². The van der Waals surface area contributed by atoms with E-state index in [9.17, 15) is 4.79 Å². The van der Waals surface area contributed by atoms with E-state index < -0.39 is 6.04 Å². The van der Waals surface area contributed by atoms with Crippen LogP contribution >= 0.6 is 0 Å². The van der Waals surface area contributed by atoms with E-state index in [0.717, 1.165) is 11.1 Å². The van der Waals surface area contributed by atoms with Crippen LogP contribution in [0.2, 0.25) is 0 Å². The number of rotatable bonds is 7. The third-order valence-electron chi connectivity index (χ3n) is 4.92. The molecule has 0 saturated heterocycles. The molecule has 4 rings (SSSR count). The summed E-state index contributed by atoms with van der Waals surface area (Å²) in [4.78, 5) is 17.3. The van der Waals surface area contributed by atoms with Crippen LogP contribution in [0.25, 0.3) is 11.5 Å². The van der Waals surface area contributed by atoms with Crippen molar-refractivity contribution in [1.29, 1.82) is 0 Å². The molecule has 0 amide bonds. The van der Waals surface area contributed by atoms with E-state index >= 15 is 0 Å². The monoisotopic (exact) mass is 398 g/mol. The molecule has 2 aromatic carbocycles. The second kappa shape index (κ2) is 9.13. The maximum Gasteiger partial charge on any atom is 0.329 e. The Bertz CT molecular complexity index is 1100. The molecule has 0 N–H and O–H groups in total. The van der Waals surface area contributed by atoms with Gasteiger partial charge in [-0.05, 0) is 23.3 Å². The van der Waals surface area contributed by atoms with Gasteiger partial charge in [-0.3, -0.25) is 9.55 Å². The van der Waals surface area contributed by atoms with Crippen molar-refractivity contribution < 1.29 is 9.53 Å². The molecule has 150 valence electrons. The number of ether oxygens (including phenoxy) is 1. The number of nitrogens with zero attached hydrogens (tertiary/aromatic N) is 4. The average molecular weight is 398 g/mol. The van der Waals surface area contributed by atoms with Gasteiger partial charge in [0.2, 0.25) is 0 Å². The van der Waals surface area contributed by atoms with Gasteiger partial charge in [-0.1, -0.05) is 66.7 Å². The first-order chi connectivity index (χ1) is 14.8. The standard InChI is InChI=1S/C24H22N4O2/c1-30-24(29)21(16-18-10-4-2-5-11-18)28-22(17-19-12-6-3-7-13-19)26-27-23(28)20-14-8-9-15-25-20/h2-15,21H,16-17H2,1H3/t21-/m0/s1. The molecule has 1 atom stereocenters. The number of hydrogen-bond acceptors (Lipinski definition) is 5. The maximum atomic E-state index is 12.9. The van der Waals surface area contributed by atoms with Gasteiger partial charge < -0.3 is 4.74 Å². The van der Waals surface area contributed by atoms with Crippen LogP contribution in [-0.4, -0.2) is 32.8 Å². The molecule has 0 spiro atoms. The highest BCUT2D eigenvalue weighted by molar-refractivity contribution is 5.75. The smallest absolute Gasteiger partial charge is 0.329 e. The molecular weight excluding hydrogens is 376 g/mol. The van der Waals surface area contributed by atoms with Crippen molar-refractivity contribution in [1.82, 2.24) is 19.7 Å². The summed E-state index contributed by atoms with van der Waals surface area (Å²) in [5, 5.41) is 8.84. The van der Waals surface area contributed by atoms with Gasteiger partial charge in [0.05, 0.1) is 7.11 Å². The molecule has 2 heterocycles. The Morgan fingerprint density at radius 3 is 2.20 bits per heavy atom. The molecule has 4 aromatic rings. The highest BCUT2D eigenvalue weighted by Crippen LogP contribution is 2.26. The lowest BCUT2D eigenvalue weighted by Gasteiger charge is -2.20. The Balaban J connectivity index is 1.82. The number of esters is 1. The molecule has 6 nitrogen and oxygen atoms in total. The maximum absolute atomic E-state index is 12.9. The molecular formula is C24H22N4O2. The van der Waals surface area contributed by atoms with Crippen molar-refractivity contribution in [2.75, 3.05) is 7.11 Å². The number of methoxy groups -OCH3 is 1. The topological polar surface area (TPSA) is 69.9 Å². The summed E-state index contributed by atoms with van der Waals surface area (Å²) in [5.41, 5.74) is 2.77. The summed E-state index contributed by atoms with van der Waals surface area (Å²) in [6, 6.07) is 24.9. The number of carbonyl (C=O) groups excluding carboxylic acids is 1. The van der Waals surface area contributed by atoms with Crippen LogP contribution in [0.1, 0.15) is 23.0 Å². The summed E-state index contributed by atoms with van der Waals surface area (Å²) in [5.74, 6) is 0.895. The minimum atomic E-state index is -0.608. The predicted molar refractivity (Wildman–Crippen MR) is 114 cm³/mol. The van der Waals surface area contributed by atoms with Crippen molar-refractivity contribution in [3.63, 3.8) is 0 Å². The van der Waals surface area contributed by atoms with Crippen molar-refractivity contribution in [3.05, 3.63) is 102 Å². The Kier molecular flexibility index (Phi) is 5.94. The second-order valence-corrected chi connectivity index (χ2v) is 6.92. The van der Waals surface area contributed by atoms with E-state index in [1.165, 1.54) is 7.11 Å². The predicted octanol–water partition coefficient (Wildman–Crippen LogP) is 3.89. The average Bonchev–Trinajstić information content (AvgIpc) is 3.22. The van der Waals surface area contributed by atoms with Crippen LogP contribution in [0, 0.1) is 0 Å². The molecule has 0 fully saturated rings. The number of pyridine rings is 1. The highest BCUT2D eigenvalue weighted by Gasteiger charge is 2.29. The van der Waals surface area contributed by atoms with Gasteiger partial charge in [0.1, 0.15) is 17.6 Å². The lowest BCUT2D eigenvalue weighted by atomic mass is 10.0. The molecule has 6 heteroatoms. The molecule has 0 bridgehead atoms. The Morgan fingerprint density at radius 1 is 0.900 bits per heavy atom. The van der Waals surface area contributed by atoms with Crippen molar-refractivity contribution in [3.8, 4) is 11.5 Å². The largest absolute Gasteiger partial charge is 0.467 e. The minimum Gasteiger partial charge on any atom is -0.467 e. The molecule has 0 aliphatic rings. The number of benzene rings is 2. The highest BCUT2D eigenvalue weighted by atomic mass is 16.5. The zero-order valence-corrected chi connectivity index (χ0v) is 16.7. The van der Waals surface area contributed by atoms with Gasteiger partial charge in [-0.25, -0.2) is 4.79 Å². The third kappa shape index (κ3) is 4.27. The molecule has 0 radical (unpaired) electrons. The van der Waals surface area contributed by atoms with Crippen LogP contribution < -0.4 is 0 Å². The van der Waals surface area contributed by atoms with E-state index in [0.29, 0.717) is 30.2 Å². The van der Waals surface area contributed by atoms with Crippen molar-refractivity contribution in [2.45, 2.75) is 18.9 Å². The third-order valence-corrected chi connectivity index (χ3v) is 4.92. The number of carbonyl (C=O) groups is 1. The first-order valence-electron chi connectivity index (χ1n) is 9.77. The molecule has 0 aliphatic carbocycles. The van der Waals surface area contributed by atoms with Gasteiger partial charge in [-0.15, -0.1) is 10.2 Å². The van der Waals surface area contributed by atoms with E-state index in [2.05, 4.69) is 15.2 Å². The molecule has 0 aliphatic heterocycles. The van der Waals surface area contributed by atoms with Crippen molar-refractivity contribution >= 4 is 5.97 Å². The summed E-state index contributed by atoms with van der Waals surface area (Å²) in [6.45, 7) is 0. The molecule has 30 heavy (non-hydrogen) atoms. The van der Waals surface area contributed by atoms with Crippen LogP contribution in [-0.2, 0) is 22.4 Å². The Hall–Kier alpha value is -3.80. The number of aromatic nitrogens is 4. The first-order valence-corrected chi connectivity index (χ1v) is 9.77. The number of hydrogen-bond donors (Lipinski definition) is 0. The van der Waals surface area contributed by atoms with E-state index in [1.807, 2.05) is 83.4 Å². The summed E-state index contributed by atoms with van der Waals surface area (Å²) >= 11 is 0. The summed E-state index contributed by atoms with van der Waals surface area (Å²) in [7, 11) is 1.40. The van der Waals surface area contributed by atoms with Crippen molar-refractivity contribution in [2.24, 2.45) is 0 Å². The second-order valence-electron chi connectivity index (χ2n) is 6.92. The zero-order chi connectivity index (χ0) is 20.8. The fourth-order valence-electron chi connectivity index (χ4n) is 3.47. The Labute approximate surface area is 175 Å². The summed E-state index contributed by atoms with van der Waals surface area (Å²) in [6.07, 6.45) is 2.71. The van der Waals surface area contributed by atoms with Gasteiger partial charge in [0, 0.05) is 19.0 Å². The van der Waals surface area contributed by atoms with E-state index in [-0.39, 0.29) is 5.97 Å². The zero-order valence-electron chi connectivity index (χ0n) is 16.7. The van der Waals surface area contributed by atoms with Crippen LogP contribution in [0.5, 0.6) is 0 Å². The fourth-order valence-corrected chi connectivity index (χ4v) is 3.47. The van der Waals surface area contributed by atoms with E-state index in [1.54, 1.807) is 6.20 Å². The van der Waals surface area contributed by atoms with Gasteiger partial charge in [-0.2, -0.15) is 0 Å². The molecule has 0 unspecified atom stereocenters. The summed E-state index contributed by atoms with van der Waals surface area (Å²) < 4.78 is 7.04.